The van der Waals surface area contributed by atoms with Crippen LogP contribution in [0.5, 0.6) is 0 Å². The van der Waals surface area contributed by atoms with Crippen molar-refractivity contribution in [1.29, 1.82) is 0 Å². The average Bonchev–Trinajstić information content (AvgIpc) is 2.53. The summed E-state index contributed by atoms with van der Waals surface area (Å²) in [4.78, 5) is 24.4. The SMILES string of the molecule is C[SiH](C)O[C@]1(C(C)(C)C)CCN(C(=O)O)[C@]1(C)C(=O)O. The summed E-state index contributed by atoms with van der Waals surface area (Å²) in [5, 5.41) is 19.1. The Labute approximate surface area is 121 Å². The van der Waals surface area contributed by atoms with Crippen LogP contribution in [0.25, 0.3) is 0 Å². The van der Waals surface area contributed by atoms with Gasteiger partial charge in [0.05, 0.1) is 5.60 Å². The zero-order valence-electron chi connectivity index (χ0n) is 13.1. The van der Waals surface area contributed by atoms with Gasteiger partial charge in [0, 0.05) is 6.54 Å². The van der Waals surface area contributed by atoms with Gasteiger partial charge in [-0.05, 0) is 31.9 Å². The Balaban J connectivity index is 3.50. The van der Waals surface area contributed by atoms with Gasteiger partial charge in [-0.2, -0.15) is 0 Å². The molecule has 1 saturated heterocycles. The van der Waals surface area contributed by atoms with E-state index in [2.05, 4.69) is 0 Å². The van der Waals surface area contributed by atoms with Gasteiger partial charge in [-0.15, -0.1) is 0 Å². The highest BCUT2D eigenvalue weighted by Gasteiger charge is 2.68. The first-order valence-corrected chi connectivity index (χ1v) is 9.60. The van der Waals surface area contributed by atoms with Crippen LogP contribution in [0.1, 0.15) is 34.1 Å². The zero-order chi connectivity index (χ0) is 15.9. The highest BCUT2D eigenvalue weighted by Crippen LogP contribution is 2.52. The Hall–Kier alpha value is -1.08. The molecular formula is C13H25NO5Si. The van der Waals surface area contributed by atoms with Crippen molar-refractivity contribution < 1.29 is 24.2 Å². The summed E-state index contributed by atoms with van der Waals surface area (Å²) in [6, 6.07) is 0. The highest BCUT2D eigenvalue weighted by molar-refractivity contribution is 6.48. The number of likely N-dealkylation sites (tertiary alicyclic amines) is 1. The molecule has 0 spiro atoms. The van der Waals surface area contributed by atoms with Gasteiger partial charge in [0.15, 0.2) is 14.6 Å². The molecule has 0 aromatic heterocycles. The first-order chi connectivity index (χ1) is 8.90. The molecule has 6 nitrogen and oxygen atoms in total. The Kier molecular flexibility index (Phi) is 4.27. The predicted molar refractivity (Wildman–Crippen MR) is 77.5 cm³/mol. The molecular weight excluding hydrogens is 278 g/mol. The second-order valence-corrected chi connectivity index (χ2v) is 9.14. The van der Waals surface area contributed by atoms with Crippen molar-refractivity contribution in [3.63, 3.8) is 0 Å². The van der Waals surface area contributed by atoms with E-state index >= 15 is 0 Å². The highest BCUT2D eigenvalue weighted by atomic mass is 28.3. The maximum Gasteiger partial charge on any atom is 0.408 e. The number of rotatable bonds is 3. The molecule has 1 rings (SSSR count). The number of hydrogen-bond donors (Lipinski definition) is 2. The number of carboxylic acids is 1. The zero-order valence-corrected chi connectivity index (χ0v) is 14.2. The van der Waals surface area contributed by atoms with Gasteiger partial charge in [0.1, 0.15) is 0 Å². The summed E-state index contributed by atoms with van der Waals surface area (Å²) < 4.78 is 6.17. The van der Waals surface area contributed by atoms with Crippen LogP contribution in [-0.4, -0.2) is 53.9 Å². The third kappa shape index (κ3) is 2.22. The van der Waals surface area contributed by atoms with E-state index in [0.717, 1.165) is 4.90 Å². The molecule has 0 bridgehead atoms. The normalized spacial score (nSPS) is 30.9. The van der Waals surface area contributed by atoms with Gasteiger partial charge >= 0.3 is 12.1 Å². The van der Waals surface area contributed by atoms with Crippen molar-refractivity contribution in [1.82, 2.24) is 4.90 Å². The van der Waals surface area contributed by atoms with Crippen LogP contribution >= 0.6 is 0 Å². The summed E-state index contributed by atoms with van der Waals surface area (Å²) in [5.74, 6) is -1.15. The lowest BCUT2D eigenvalue weighted by molar-refractivity contribution is -0.169. The number of carbonyl (C=O) groups is 2. The quantitative estimate of drug-likeness (QED) is 0.779. The van der Waals surface area contributed by atoms with E-state index in [0.29, 0.717) is 6.42 Å². The topological polar surface area (TPSA) is 87.1 Å². The van der Waals surface area contributed by atoms with Gasteiger partial charge in [-0.3, -0.25) is 4.90 Å². The smallest absolute Gasteiger partial charge is 0.408 e. The Bertz CT molecular complexity index is 419. The molecule has 0 aromatic rings. The number of aliphatic carboxylic acids is 1. The fraction of sp³-hybridized carbons (Fsp3) is 0.846. The van der Waals surface area contributed by atoms with Crippen LogP contribution in [-0.2, 0) is 9.22 Å². The van der Waals surface area contributed by atoms with E-state index in [4.69, 9.17) is 4.43 Å². The summed E-state index contributed by atoms with van der Waals surface area (Å²) >= 11 is 0. The van der Waals surface area contributed by atoms with Crippen LogP contribution in [0.15, 0.2) is 0 Å². The lowest BCUT2D eigenvalue weighted by atomic mass is 9.65. The van der Waals surface area contributed by atoms with Crippen molar-refractivity contribution in [3.8, 4) is 0 Å². The molecule has 1 fully saturated rings. The van der Waals surface area contributed by atoms with Gasteiger partial charge in [-0.25, -0.2) is 9.59 Å². The molecule has 7 heteroatoms. The van der Waals surface area contributed by atoms with Crippen molar-refractivity contribution in [2.75, 3.05) is 6.54 Å². The van der Waals surface area contributed by atoms with Gasteiger partial charge in [0.25, 0.3) is 0 Å². The Morgan fingerprint density at radius 3 is 2.05 bits per heavy atom. The fourth-order valence-electron chi connectivity index (χ4n) is 3.39. The summed E-state index contributed by atoms with van der Waals surface area (Å²) in [5.41, 5.74) is -3.07. The third-order valence-corrected chi connectivity index (χ3v) is 5.18. The molecule has 0 unspecified atom stereocenters. The van der Waals surface area contributed by atoms with E-state index in [1.807, 2.05) is 33.9 Å². The second kappa shape index (κ2) is 5.03. The molecule has 1 heterocycles. The number of nitrogens with zero attached hydrogens (tertiary/aromatic N) is 1. The average molecular weight is 303 g/mol. The predicted octanol–water partition coefficient (Wildman–Crippen LogP) is 2.00. The molecule has 0 aromatic carbocycles. The minimum Gasteiger partial charge on any atom is -0.479 e. The molecule has 0 saturated carbocycles. The summed E-state index contributed by atoms with van der Waals surface area (Å²) in [6.07, 6.45) is -0.813. The number of amides is 1. The van der Waals surface area contributed by atoms with E-state index in [-0.39, 0.29) is 6.54 Å². The van der Waals surface area contributed by atoms with Crippen molar-refractivity contribution >= 4 is 21.1 Å². The Morgan fingerprint density at radius 2 is 1.75 bits per heavy atom. The molecule has 1 aliphatic heterocycles. The maximum absolute atomic E-state index is 11.9. The van der Waals surface area contributed by atoms with E-state index in [1.165, 1.54) is 6.92 Å². The molecule has 0 aliphatic carbocycles. The molecule has 1 aliphatic rings. The first kappa shape index (κ1) is 17.0. The van der Waals surface area contributed by atoms with E-state index in [9.17, 15) is 19.8 Å². The Morgan fingerprint density at radius 1 is 1.25 bits per heavy atom. The summed E-state index contributed by atoms with van der Waals surface area (Å²) in [7, 11) is -1.56. The minimum atomic E-state index is -1.58. The molecule has 20 heavy (non-hydrogen) atoms. The molecule has 116 valence electrons. The third-order valence-electron chi connectivity index (χ3n) is 4.31. The van der Waals surface area contributed by atoms with Crippen molar-refractivity contribution in [3.05, 3.63) is 0 Å². The fourth-order valence-corrected chi connectivity index (χ4v) is 4.89. The number of carboxylic acid groups (broad SMARTS) is 2. The van der Waals surface area contributed by atoms with Gasteiger partial charge in [-0.1, -0.05) is 20.8 Å². The molecule has 0 radical (unpaired) electrons. The van der Waals surface area contributed by atoms with Crippen LogP contribution < -0.4 is 0 Å². The van der Waals surface area contributed by atoms with Crippen LogP contribution in [0.2, 0.25) is 13.1 Å². The van der Waals surface area contributed by atoms with Gasteiger partial charge < -0.3 is 14.6 Å². The largest absolute Gasteiger partial charge is 0.479 e. The summed E-state index contributed by atoms with van der Waals surface area (Å²) in [6.45, 7) is 11.3. The van der Waals surface area contributed by atoms with Crippen molar-refractivity contribution in [2.45, 2.75) is 58.3 Å². The second-order valence-electron chi connectivity index (χ2n) is 6.81. The number of hydrogen-bond acceptors (Lipinski definition) is 3. The standard InChI is InChI=1S/C13H25NO5Si/c1-11(2,3)13(19-20(5)6)7-8-14(10(17)18)12(13,4)9(15)16/h20H,7-8H2,1-6H3,(H,15,16)(H,17,18)/t12-,13+/m1/s1. The first-order valence-electron chi connectivity index (χ1n) is 6.82. The molecule has 1 amide bonds. The van der Waals surface area contributed by atoms with E-state index < -0.39 is 37.7 Å². The van der Waals surface area contributed by atoms with Crippen molar-refractivity contribution in [2.24, 2.45) is 5.41 Å². The minimum absolute atomic E-state index is 0.177. The molecule has 2 atom stereocenters. The van der Waals surface area contributed by atoms with Crippen LogP contribution in [0.4, 0.5) is 4.79 Å². The lowest BCUT2D eigenvalue weighted by Gasteiger charge is -2.51. The van der Waals surface area contributed by atoms with E-state index in [1.54, 1.807) is 0 Å². The lowest BCUT2D eigenvalue weighted by Crippen LogP contribution is -2.68. The monoisotopic (exact) mass is 303 g/mol. The maximum atomic E-state index is 11.9. The van der Waals surface area contributed by atoms with Crippen LogP contribution in [0, 0.1) is 5.41 Å². The van der Waals surface area contributed by atoms with Gasteiger partial charge in [0.2, 0.25) is 0 Å². The van der Waals surface area contributed by atoms with Crippen LogP contribution in [0.3, 0.4) is 0 Å². The molecule has 2 N–H and O–H groups in total.